The number of carbonyl (C=O) groups excluding carboxylic acids is 2. The number of aromatic nitrogens is 1. The van der Waals surface area contributed by atoms with Crippen molar-refractivity contribution in [1.82, 2.24) is 9.88 Å². The first kappa shape index (κ1) is 20.1. The van der Waals surface area contributed by atoms with Crippen LogP contribution < -0.4 is 4.74 Å². The largest absolute Gasteiger partial charge is 0.491 e. The van der Waals surface area contributed by atoms with Gasteiger partial charge in [-0.2, -0.15) is 0 Å². The van der Waals surface area contributed by atoms with Crippen molar-refractivity contribution in [3.05, 3.63) is 64.8 Å². The highest BCUT2D eigenvalue weighted by Crippen LogP contribution is 2.37. The maximum atomic E-state index is 13.1. The van der Waals surface area contributed by atoms with Gasteiger partial charge in [0, 0.05) is 18.1 Å². The molecule has 1 aliphatic heterocycles. The van der Waals surface area contributed by atoms with Crippen LogP contribution >= 0.6 is 11.8 Å². The quantitative estimate of drug-likeness (QED) is 0.689. The van der Waals surface area contributed by atoms with Crippen molar-refractivity contribution in [2.24, 2.45) is 0 Å². The average Bonchev–Trinajstić information content (AvgIpc) is 2.91. The first-order valence-electron chi connectivity index (χ1n) is 9.01. The molecule has 1 N–H and O–H groups in total. The SMILES string of the molecule is CC(C)Oc1ccc(C2=C(SCCO)C(=O)N(Cc3cccnc3)C2=O)cc1. The molecule has 0 bridgehead atoms. The van der Waals surface area contributed by atoms with Crippen molar-refractivity contribution < 1.29 is 19.4 Å². The second-order valence-corrected chi connectivity index (χ2v) is 7.63. The van der Waals surface area contributed by atoms with Crippen LogP contribution in [-0.4, -0.2) is 45.3 Å². The number of aliphatic hydroxyl groups is 1. The highest BCUT2D eigenvalue weighted by Gasteiger charge is 2.39. The van der Waals surface area contributed by atoms with Gasteiger partial charge in [-0.15, -0.1) is 11.8 Å². The maximum Gasteiger partial charge on any atom is 0.268 e. The normalized spacial score (nSPS) is 14.4. The van der Waals surface area contributed by atoms with Gasteiger partial charge in [0.2, 0.25) is 0 Å². The van der Waals surface area contributed by atoms with E-state index < -0.39 is 0 Å². The van der Waals surface area contributed by atoms with E-state index in [0.717, 1.165) is 5.56 Å². The summed E-state index contributed by atoms with van der Waals surface area (Å²) in [5, 5.41) is 9.18. The van der Waals surface area contributed by atoms with E-state index in [1.807, 2.05) is 19.9 Å². The van der Waals surface area contributed by atoms with E-state index in [-0.39, 0.29) is 31.1 Å². The molecule has 1 aliphatic rings. The Labute approximate surface area is 168 Å². The molecule has 1 aromatic heterocycles. The minimum atomic E-state index is -0.343. The molecule has 2 amide bonds. The first-order chi connectivity index (χ1) is 13.5. The third-order valence-corrected chi connectivity index (χ3v) is 5.10. The molecule has 0 fully saturated rings. The molecular weight excluding hydrogens is 376 g/mol. The average molecular weight is 398 g/mol. The zero-order valence-electron chi connectivity index (χ0n) is 15.8. The van der Waals surface area contributed by atoms with Gasteiger partial charge in [-0.3, -0.25) is 19.5 Å². The molecule has 6 nitrogen and oxygen atoms in total. The number of amides is 2. The fourth-order valence-electron chi connectivity index (χ4n) is 2.88. The monoisotopic (exact) mass is 398 g/mol. The third-order valence-electron chi connectivity index (χ3n) is 4.04. The molecule has 0 atom stereocenters. The highest BCUT2D eigenvalue weighted by atomic mass is 32.2. The lowest BCUT2D eigenvalue weighted by atomic mass is 10.1. The summed E-state index contributed by atoms with van der Waals surface area (Å²) >= 11 is 1.20. The number of hydrogen-bond donors (Lipinski definition) is 1. The number of nitrogens with zero attached hydrogens (tertiary/aromatic N) is 2. The van der Waals surface area contributed by atoms with Gasteiger partial charge in [0.15, 0.2) is 0 Å². The number of benzene rings is 1. The van der Waals surface area contributed by atoms with E-state index in [9.17, 15) is 14.7 Å². The number of rotatable bonds is 8. The number of carbonyl (C=O) groups is 2. The van der Waals surface area contributed by atoms with E-state index in [0.29, 0.717) is 27.5 Å². The van der Waals surface area contributed by atoms with Crippen LogP contribution in [0.25, 0.3) is 5.57 Å². The van der Waals surface area contributed by atoms with Gasteiger partial charge in [-0.1, -0.05) is 18.2 Å². The van der Waals surface area contributed by atoms with Crippen molar-refractivity contribution >= 4 is 29.1 Å². The minimum Gasteiger partial charge on any atom is -0.491 e. The predicted molar refractivity (Wildman–Crippen MR) is 108 cm³/mol. The summed E-state index contributed by atoms with van der Waals surface area (Å²) in [5.41, 5.74) is 1.80. The Hall–Kier alpha value is -2.64. The van der Waals surface area contributed by atoms with Crippen LogP contribution in [0.15, 0.2) is 53.7 Å². The van der Waals surface area contributed by atoms with Crippen LogP contribution in [0.1, 0.15) is 25.0 Å². The first-order valence-corrected chi connectivity index (χ1v) is 10.00. The highest BCUT2D eigenvalue weighted by molar-refractivity contribution is 8.04. The fourth-order valence-corrected chi connectivity index (χ4v) is 3.76. The molecule has 3 rings (SSSR count). The summed E-state index contributed by atoms with van der Waals surface area (Å²) in [6.07, 6.45) is 3.33. The van der Waals surface area contributed by atoms with E-state index in [1.165, 1.54) is 16.7 Å². The number of thioether (sulfide) groups is 1. The van der Waals surface area contributed by atoms with Crippen molar-refractivity contribution in [2.75, 3.05) is 12.4 Å². The summed E-state index contributed by atoms with van der Waals surface area (Å²) in [7, 11) is 0. The Bertz CT molecular complexity index is 879. The summed E-state index contributed by atoms with van der Waals surface area (Å²) in [5.74, 6) is 0.358. The third kappa shape index (κ3) is 4.43. The molecule has 2 heterocycles. The lowest BCUT2D eigenvalue weighted by molar-refractivity contribution is -0.137. The molecule has 1 aromatic carbocycles. The van der Waals surface area contributed by atoms with Gasteiger partial charge in [0.25, 0.3) is 11.8 Å². The lowest BCUT2D eigenvalue weighted by Gasteiger charge is -2.15. The van der Waals surface area contributed by atoms with Crippen LogP contribution in [-0.2, 0) is 16.1 Å². The topological polar surface area (TPSA) is 79.7 Å². The molecule has 0 saturated carbocycles. The number of hydrogen-bond acceptors (Lipinski definition) is 6. The van der Waals surface area contributed by atoms with Crippen molar-refractivity contribution in [1.29, 1.82) is 0 Å². The number of imide groups is 1. The van der Waals surface area contributed by atoms with Gasteiger partial charge in [-0.25, -0.2) is 0 Å². The maximum absolute atomic E-state index is 13.1. The summed E-state index contributed by atoms with van der Waals surface area (Å²) < 4.78 is 5.65. The van der Waals surface area contributed by atoms with Gasteiger partial charge < -0.3 is 9.84 Å². The molecular formula is C21H22N2O4S. The Morgan fingerprint density at radius 1 is 1.14 bits per heavy atom. The number of ether oxygens (including phenoxy) is 1. The van der Waals surface area contributed by atoms with Crippen molar-refractivity contribution in [3.8, 4) is 5.75 Å². The second kappa shape index (κ2) is 9.03. The molecule has 0 saturated heterocycles. The van der Waals surface area contributed by atoms with Gasteiger partial charge in [0.05, 0.1) is 29.7 Å². The second-order valence-electron chi connectivity index (χ2n) is 6.52. The van der Waals surface area contributed by atoms with Crippen LogP contribution in [0, 0.1) is 0 Å². The lowest BCUT2D eigenvalue weighted by Crippen LogP contribution is -2.31. The van der Waals surface area contributed by atoms with E-state index in [2.05, 4.69) is 4.98 Å². The van der Waals surface area contributed by atoms with Crippen LogP contribution in [0.5, 0.6) is 5.75 Å². The summed E-state index contributed by atoms with van der Waals surface area (Å²) in [6.45, 7) is 3.96. The predicted octanol–water partition coefficient (Wildman–Crippen LogP) is 2.87. The van der Waals surface area contributed by atoms with Crippen molar-refractivity contribution in [2.45, 2.75) is 26.5 Å². The molecule has 0 aliphatic carbocycles. The zero-order valence-corrected chi connectivity index (χ0v) is 16.6. The minimum absolute atomic E-state index is 0.0467. The Morgan fingerprint density at radius 2 is 1.89 bits per heavy atom. The Morgan fingerprint density at radius 3 is 2.50 bits per heavy atom. The van der Waals surface area contributed by atoms with Gasteiger partial charge in [-0.05, 0) is 43.2 Å². The molecule has 28 heavy (non-hydrogen) atoms. The van der Waals surface area contributed by atoms with Crippen LogP contribution in [0.3, 0.4) is 0 Å². The summed E-state index contributed by atoms with van der Waals surface area (Å²) in [4.78, 5) is 31.6. The van der Waals surface area contributed by atoms with Crippen LogP contribution in [0.2, 0.25) is 0 Å². The van der Waals surface area contributed by atoms with Crippen LogP contribution in [0.4, 0.5) is 0 Å². The summed E-state index contributed by atoms with van der Waals surface area (Å²) in [6, 6.07) is 10.7. The van der Waals surface area contributed by atoms with Crippen molar-refractivity contribution in [3.63, 3.8) is 0 Å². The Balaban J connectivity index is 1.91. The molecule has 2 aromatic rings. The fraction of sp³-hybridized carbons (Fsp3) is 0.286. The van der Waals surface area contributed by atoms with E-state index in [1.54, 1.807) is 42.7 Å². The standard InChI is InChI=1S/C21H22N2O4S/c1-14(2)27-17-7-5-16(6-8-17)18-19(28-11-10-24)21(26)23(20(18)25)13-15-4-3-9-22-12-15/h3-9,12,14,24H,10-11,13H2,1-2H3. The van der Waals surface area contributed by atoms with E-state index >= 15 is 0 Å². The smallest absolute Gasteiger partial charge is 0.268 e. The van der Waals surface area contributed by atoms with Gasteiger partial charge >= 0.3 is 0 Å². The number of pyridine rings is 1. The zero-order chi connectivity index (χ0) is 20.1. The number of aliphatic hydroxyl groups excluding tert-OH is 1. The van der Waals surface area contributed by atoms with Gasteiger partial charge in [0.1, 0.15) is 5.75 Å². The molecule has 0 radical (unpaired) electrons. The molecule has 0 spiro atoms. The molecule has 7 heteroatoms. The van der Waals surface area contributed by atoms with E-state index in [4.69, 9.17) is 4.74 Å². The molecule has 146 valence electrons. The Kier molecular flexibility index (Phi) is 6.49. The molecule has 0 unspecified atom stereocenters.